The van der Waals surface area contributed by atoms with E-state index in [2.05, 4.69) is 0 Å². The van der Waals surface area contributed by atoms with Crippen LogP contribution >= 0.6 is 11.3 Å². The lowest BCUT2D eigenvalue weighted by Crippen LogP contribution is -2.37. The first-order valence-electron chi connectivity index (χ1n) is 12.9. The van der Waals surface area contributed by atoms with Crippen molar-refractivity contribution in [2.75, 3.05) is 52.8 Å². The van der Waals surface area contributed by atoms with Crippen LogP contribution in [0.5, 0.6) is 11.5 Å². The van der Waals surface area contributed by atoms with E-state index in [4.69, 9.17) is 14.5 Å². The van der Waals surface area contributed by atoms with E-state index in [-0.39, 0.29) is 10.8 Å². The minimum atomic E-state index is -3.70. The van der Waals surface area contributed by atoms with E-state index in [0.717, 1.165) is 10.3 Å². The van der Waals surface area contributed by atoms with E-state index in [1.54, 1.807) is 37.3 Å². The maximum atomic E-state index is 13.7. The summed E-state index contributed by atoms with van der Waals surface area (Å²) in [6, 6.07) is 17.7. The molecule has 0 saturated carbocycles. The maximum Gasteiger partial charge on any atom is 0.260 e. The second-order valence-corrected chi connectivity index (χ2v) is 12.8. The highest BCUT2D eigenvalue weighted by Gasteiger charge is 2.29. The fourth-order valence-corrected chi connectivity index (χ4v) is 7.11. The number of nitrogens with zero attached hydrogens (tertiary/aromatic N) is 4. The van der Waals surface area contributed by atoms with Crippen LogP contribution < -0.4 is 14.4 Å². The van der Waals surface area contributed by atoms with Crippen LogP contribution in [0.3, 0.4) is 0 Å². The predicted octanol–water partition coefficient (Wildman–Crippen LogP) is 4.27. The Kier molecular flexibility index (Phi) is 8.09. The smallest absolute Gasteiger partial charge is 0.260 e. The quantitative estimate of drug-likeness (QED) is 0.292. The highest BCUT2D eigenvalue weighted by atomic mass is 32.2. The Morgan fingerprint density at radius 2 is 1.65 bits per heavy atom. The first kappa shape index (κ1) is 28.0. The molecule has 0 aliphatic carbocycles. The van der Waals surface area contributed by atoms with E-state index in [1.165, 1.54) is 33.3 Å². The molecule has 1 amide bonds. The first-order chi connectivity index (χ1) is 19.2. The number of benzene rings is 3. The van der Waals surface area contributed by atoms with Crippen molar-refractivity contribution in [1.29, 1.82) is 0 Å². The summed E-state index contributed by atoms with van der Waals surface area (Å²) in [5.74, 6) is 0.896. The van der Waals surface area contributed by atoms with Gasteiger partial charge in [0.15, 0.2) is 16.6 Å². The Hall–Kier alpha value is -3.51. The number of carbonyl (C=O) groups excluding carboxylic acids is 1. The number of fused-ring (bicyclic) bond motifs is 2. The number of amides is 1. The summed E-state index contributed by atoms with van der Waals surface area (Å²) in [6.07, 6.45) is 0.673. The third-order valence-corrected chi connectivity index (χ3v) is 9.86. The van der Waals surface area contributed by atoms with Crippen LogP contribution in [0.1, 0.15) is 21.5 Å². The molecule has 11 heteroatoms. The zero-order chi connectivity index (χ0) is 28.4. The molecule has 9 nitrogen and oxygen atoms in total. The van der Waals surface area contributed by atoms with Gasteiger partial charge in [-0.1, -0.05) is 35.6 Å². The lowest BCUT2D eigenvalue weighted by atomic mass is 10.0. The predicted molar refractivity (Wildman–Crippen MR) is 157 cm³/mol. The molecular formula is C29H32N4O5S2. The monoisotopic (exact) mass is 580 g/mol. The van der Waals surface area contributed by atoms with Gasteiger partial charge < -0.3 is 14.4 Å². The van der Waals surface area contributed by atoms with Gasteiger partial charge >= 0.3 is 0 Å². The minimum absolute atomic E-state index is 0.169. The van der Waals surface area contributed by atoms with Gasteiger partial charge in [-0.05, 0) is 55.9 Å². The largest absolute Gasteiger partial charge is 0.493 e. The number of sulfonamides is 1. The Morgan fingerprint density at radius 3 is 2.33 bits per heavy atom. The van der Waals surface area contributed by atoms with E-state index in [9.17, 15) is 13.2 Å². The van der Waals surface area contributed by atoms with Gasteiger partial charge in [-0.2, -0.15) is 4.31 Å². The second kappa shape index (κ2) is 11.5. The SMILES string of the molecule is COc1cc2nc(N(CCN(C)C)C(=O)c3ccc(S(=O)(=O)N4CCc5ccccc5C4)cc3)sc2cc1OC. The van der Waals surface area contributed by atoms with Crippen molar-refractivity contribution >= 4 is 42.6 Å². The highest BCUT2D eigenvalue weighted by molar-refractivity contribution is 7.89. The van der Waals surface area contributed by atoms with Crippen molar-refractivity contribution in [3.63, 3.8) is 0 Å². The van der Waals surface area contributed by atoms with Crippen molar-refractivity contribution < 1.29 is 22.7 Å². The molecular weight excluding hydrogens is 548 g/mol. The molecule has 0 spiro atoms. The van der Waals surface area contributed by atoms with Crippen LogP contribution in [-0.4, -0.2) is 76.5 Å². The summed E-state index contributed by atoms with van der Waals surface area (Å²) in [5, 5.41) is 0.542. The summed E-state index contributed by atoms with van der Waals surface area (Å²) in [7, 11) is 3.32. The number of methoxy groups -OCH3 is 2. The van der Waals surface area contributed by atoms with E-state index in [0.29, 0.717) is 60.3 Å². The van der Waals surface area contributed by atoms with E-state index < -0.39 is 10.0 Å². The fraction of sp³-hybridized carbons (Fsp3) is 0.310. The average Bonchev–Trinajstić information content (AvgIpc) is 3.38. The number of ether oxygens (including phenoxy) is 2. The van der Waals surface area contributed by atoms with Crippen molar-refractivity contribution in [2.45, 2.75) is 17.9 Å². The molecule has 2 heterocycles. The third kappa shape index (κ3) is 5.55. The van der Waals surface area contributed by atoms with Gasteiger partial charge in [-0.15, -0.1) is 0 Å². The highest BCUT2D eigenvalue weighted by Crippen LogP contribution is 2.37. The molecule has 0 saturated heterocycles. The van der Waals surface area contributed by atoms with Crippen LogP contribution in [0.25, 0.3) is 10.2 Å². The summed E-state index contributed by atoms with van der Waals surface area (Å²) in [6.45, 7) is 1.79. The zero-order valence-electron chi connectivity index (χ0n) is 23.0. The molecule has 0 bridgehead atoms. The van der Waals surface area contributed by atoms with Gasteiger partial charge in [-0.25, -0.2) is 13.4 Å². The normalized spacial score (nSPS) is 13.8. The number of hydrogen-bond donors (Lipinski definition) is 0. The molecule has 0 N–H and O–H groups in total. The third-order valence-electron chi connectivity index (χ3n) is 6.96. The Labute approximate surface area is 238 Å². The summed E-state index contributed by atoms with van der Waals surface area (Å²) in [4.78, 5) is 22.3. The Balaban J connectivity index is 1.41. The molecule has 0 radical (unpaired) electrons. The van der Waals surface area contributed by atoms with Crippen LogP contribution in [0, 0.1) is 0 Å². The number of thiazole rings is 1. The van der Waals surface area contributed by atoms with Gasteiger partial charge in [0.25, 0.3) is 5.91 Å². The molecule has 5 rings (SSSR count). The zero-order valence-corrected chi connectivity index (χ0v) is 24.6. The van der Waals surface area contributed by atoms with Crippen LogP contribution in [-0.2, 0) is 23.0 Å². The van der Waals surface area contributed by atoms with Crippen LogP contribution in [0.4, 0.5) is 5.13 Å². The van der Waals surface area contributed by atoms with Crippen LogP contribution in [0.15, 0.2) is 65.6 Å². The Morgan fingerprint density at radius 1 is 0.975 bits per heavy atom. The summed E-state index contributed by atoms with van der Waals surface area (Å²) >= 11 is 1.39. The average molecular weight is 581 g/mol. The van der Waals surface area contributed by atoms with Crippen molar-refractivity contribution in [3.8, 4) is 11.5 Å². The van der Waals surface area contributed by atoms with E-state index in [1.807, 2.05) is 49.3 Å². The molecule has 1 aliphatic heterocycles. The van der Waals surface area contributed by atoms with Gasteiger partial charge in [0.05, 0.1) is 29.3 Å². The molecule has 4 aromatic rings. The van der Waals surface area contributed by atoms with Crippen molar-refractivity contribution in [2.24, 2.45) is 0 Å². The topological polar surface area (TPSA) is 92.3 Å². The number of carbonyl (C=O) groups is 1. The number of aromatic nitrogens is 1. The van der Waals surface area contributed by atoms with Gasteiger partial charge in [0.1, 0.15) is 0 Å². The van der Waals surface area contributed by atoms with Crippen molar-refractivity contribution in [3.05, 3.63) is 77.4 Å². The molecule has 1 aromatic heterocycles. The first-order valence-corrected chi connectivity index (χ1v) is 15.1. The van der Waals surface area contributed by atoms with E-state index >= 15 is 0 Å². The van der Waals surface area contributed by atoms with Crippen molar-refractivity contribution in [1.82, 2.24) is 14.2 Å². The number of rotatable bonds is 9. The van der Waals surface area contributed by atoms with Crippen LogP contribution in [0.2, 0.25) is 0 Å². The lowest BCUT2D eigenvalue weighted by Gasteiger charge is -2.28. The Bertz CT molecular complexity index is 1590. The van der Waals surface area contributed by atoms with Gasteiger partial charge in [0.2, 0.25) is 10.0 Å². The summed E-state index contributed by atoms with van der Waals surface area (Å²) in [5.41, 5.74) is 3.28. The second-order valence-electron chi connectivity index (χ2n) is 9.81. The molecule has 3 aromatic carbocycles. The molecule has 0 atom stereocenters. The standard InChI is InChI=1S/C29H32N4O5S2/c1-31(2)15-16-33(29-30-24-17-25(37-3)26(38-4)18-27(24)39-29)28(34)21-9-11-23(12-10-21)40(35,36)32-14-13-20-7-5-6-8-22(20)19-32/h5-12,17-18H,13-16,19H2,1-4H3. The minimum Gasteiger partial charge on any atom is -0.493 e. The van der Waals surface area contributed by atoms with Gasteiger partial charge in [-0.3, -0.25) is 9.69 Å². The van der Waals surface area contributed by atoms with Gasteiger partial charge in [0, 0.05) is 43.9 Å². The number of anilines is 1. The maximum absolute atomic E-state index is 13.7. The number of hydrogen-bond acceptors (Lipinski definition) is 8. The molecule has 210 valence electrons. The molecule has 0 unspecified atom stereocenters. The molecule has 0 fully saturated rings. The molecule has 1 aliphatic rings. The number of likely N-dealkylation sites (N-methyl/N-ethyl adjacent to an activating group) is 1. The fourth-order valence-electron chi connectivity index (χ4n) is 4.69. The summed E-state index contributed by atoms with van der Waals surface area (Å²) < 4.78 is 40.0. The molecule has 40 heavy (non-hydrogen) atoms. The lowest BCUT2D eigenvalue weighted by molar-refractivity contribution is 0.0985.